The number of amides is 2. The first kappa shape index (κ1) is 21.3. The molecule has 1 saturated heterocycles. The van der Waals surface area contributed by atoms with Crippen LogP contribution in [-0.2, 0) is 9.59 Å². The van der Waals surface area contributed by atoms with Crippen LogP contribution in [0.5, 0.6) is 0 Å². The summed E-state index contributed by atoms with van der Waals surface area (Å²) in [5, 5.41) is 3.22. The van der Waals surface area contributed by atoms with Crippen molar-refractivity contribution in [3.05, 3.63) is 59.2 Å². The average Bonchev–Trinajstić information content (AvgIpc) is 3.16. The molecule has 2 aromatic rings. The van der Waals surface area contributed by atoms with E-state index in [2.05, 4.69) is 43.4 Å². The minimum atomic E-state index is -0.138. The summed E-state index contributed by atoms with van der Waals surface area (Å²) in [6.07, 6.45) is 7.26. The van der Waals surface area contributed by atoms with Crippen LogP contribution >= 0.6 is 11.8 Å². The summed E-state index contributed by atoms with van der Waals surface area (Å²) in [6, 6.07) is 14.4. The van der Waals surface area contributed by atoms with Crippen LogP contribution in [0.15, 0.2) is 42.5 Å². The molecule has 0 aromatic heterocycles. The fourth-order valence-electron chi connectivity index (χ4n) is 7.21. The normalized spacial score (nSPS) is 32.4. The third-order valence-electron chi connectivity index (χ3n) is 8.61. The number of benzene rings is 2. The number of thioether (sulfide) groups is 1. The van der Waals surface area contributed by atoms with E-state index in [1.165, 1.54) is 30.4 Å². The summed E-state index contributed by atoms with van der Waals surface area (Å²) >= 11 is 1.66. The van der Waals surface area contributed by atoms with Gasteiger partial charge in [-0.1, -0.05) is 18.2 Å². The monoisotopic (exact) mass is 460 g/mol. The molecule has 5 heteroatoms. The van der Waals surface area contributed by atoms with Gasteiger partial charge in [-0.3, -0.25) is 14.5 Å². The number of hydrogen-bond donors (Lipinski definition) is 1. The van der Waals surface area contributed by atoms with E-state index in [1.807, 2.05) is 23.1 Å². The maximum Gasteiger partial charge on any atom is 0.238 e. The first-order valence-corrected chi connectivity index (χ1v) is 13.4. The number of rotatable bonds is 4. The molecule has 4 nitrogen and oxygen atoms in total. The van der Waals surface area contributed by atoms with Gasteiger partial charge in [-0.15, -0.1) is 11.8 Å². The summed E-state index contributed by atoms with van der Waals surface area (Å²) < 4.78 is 0. The number of carbonyl (C=O) groups is 2. The van der Waals surface area contributed by atoms with Crippen LogP contribution in [0.25, 0.3) is 0 Å². The maximum absolute atomic E-state index is 13.4. The van der Waals surface area contributed by atoms with Crippen LogP contribution in [0, 0.1) is 37.0 Å². The molecular formula is C28H32N2O2S. The Kier molecular flexibility index (Phi) is 5.09. The van der Waals surface area contributed by atoms with E-state index < -0.39 is 0 Å². The third-order valence-corrected chi connectivity index (χ3v) is 9.82. The van der Waals surface area contributed by atoms with Crippen molar-refractivity contribution in [3.63, 3.8) is 0 Å². The fourth-order valence-corrected chi connectivity index (χ4v) is 8.39. The minimum absolute atomic E-state index is 0.0347. The zero-order chi connectivity index (χ0) is 22.7. The van der Waals surface area contributed by atoms with Gasteiger partial charge in [0, 0.05) is 11.4 Å². The molecule has 1 atom stereocenters. The number of anilines is 2. The van der Waals surface area contributed by atoms with Gasteiger partial charge >= 0.3 is 0 Å². The highest BCUT2D eigenvalue weighted by atomic mass is 32.2. The first-order chi connectivity index (χ1) is 15.9. The molecule has 0 radical (unpaired) electrons. The summed E-state index contributed by atoms with van der Waals surface area (Å²) in [7, 11) is 0. The molecule has 1 N–H and O–H groups in total. The third kappa shape index (κ3) is 3.69. The molecule has 4 bridgehead atoms. The molecule has 1 aliphatic heterocycles. The van der Waals surface area contributed by atoms with Crippen LogP contribution < -0.4 is 10.2 Å². The van der Waals surface area contributed by atoms with Crippen LogP contribution in [0.1, 0.15) is 60.6 Å². The van der Waals surface area contributed by atoms with Crippen LogP contribution in [-0.4, -0.2) is 17.6 Å². The SMILES string of the molecule is Cc1ccc(N2C(=O)CS[C@H]2c2ccc(NC(=O)C34CC5CC(CC(C5)C3)C4)cc2)cc1C. The second-order valence-corrected chi connectivity index (χ2v) is 12.0. The number of nitrogens with zero attached hydrogens (tertiary/aromatic N) is 1. The Morgan fingerprint density at radius 3 is 2.18 bits per heavy atom. The van der Waals surface area contributed by atoms with Crippen molar-refractivity contribution >= 4 is 35.0 Å². The van der Waals surface area contributed by atoms with Crippen molar-refractivity contribution < 1.29 is 9.59 Å². The van der Waals surface area contributed by atoms with Gasteiger partial charge < -0.3 is 5.32 Å². The molecule has 5 aliphatic rings. The van der Waals surface area contributed by atoms with Crippen molar-refractivity contribution in [3.8, 4) is 0 Å². The number of nitrogens with one attached hydrogen (secondary N) is 1. The molecule has 2 amide bonds. The van der Waals surface area contributed by atoms with Crippen molar-refractivity contribution in [2.75, 3.05) is 16.0 Å². The smallest absolute Gasteiger partial charge is 0.238 e. The van der Waals surface area contributed by atoms with E-state index in [4.69, 9.17) is 0 Å². The van der Waals surface area contributed by atoms with Gasteiger partial charge in [-0.25, -0.2) is 0 Å². The predicted octanol–water partition coefficient (Wildman–Crippen LogP) is 6.24. The Bertz CT molecular complexity index is 1070. The van der Waals surface area contributed by atoms with E-state index in [0.717, 1.165) is 54.0 Å². The van der Waals surface area contributed by atoms with Gasteiger partial charge in [-0.2, -0.15) is 0 Å². The van der Waals surface area contributed by atoms with Crippen molar-refractivity contribution in [1.82, 2.24) is 0 Å². The van der Waals surface area contributed by atoms with Gasteiger partial charge in [0.05, 0.1) is 11.2 Å². The molecule has 2 aromatic carbocycles. The fraction of sp³-hybridized carbons (Fsp3) is 0.500. The van der Waals surface area contributed by atoms with Gasteiger partial charge in [0.2, 0.25) is 11.8 Å². The Morgan fingerprint density at radius 2 is 1.58 bits per heavy atom. The maximum atomic E-state index is 13.4. The predicted molar refractivity (Wildman–Crippen MR) is 134 cm³/mol. The molecule has 4 saturated carbocycles. The van der Waals surface area contributed by atoms with Crippen molar-refractivity contribution in [1.29, 1.82) is 0 Å². The van der Waals surface area contributed by atoms with E-state index >= 15 is 0 Å². The lowest BCUT2D eigenvalue weighted by Gasteiger charge is -2.55. The number of carbonyl (C=O) groups excluding carboxylic acids is 2. The number of aryl methyl sites for hydroxylation is 2. The highest BCUT2D eigenvalue weighted by Gasteiger charge is 2.54. The lowest BCUT2D eigenvalue weighted by molar-refractivity contribution is -0.140. The van der Waals surface area contributed by atoms with E-state index in [1.54, 1.807) is 11.8 Å². The minimum Gasteiger partial charge on any atom is -0.326 e. The largest absolute Gasteiger partial charge is 0.326 e. The van der Waals surface area contributed by atoms with E-state index in [-0.39, 0.29) is 22.6 Å². The topological polar surface area (TPSA) is 49.4 Å². The Balaban J connectivity index is 1.19. The quantitative estimate of drug-likeness (QED) is 0.588. The van der Waals surface area contributed by atoms with Gasteiger partial charge in [0.15, 0.2) is 0 Å². The van der Waals surface area contributed by atoms with Crippen LogP contribution in [0.3, 0.4) is 0 Å². The molecule has 0 unspecified atom stereocenters. The zero-order valence-corrected chi connectivity index (χ0v) is 20.3. The average molecular weight is 461 g/mol. The molecule has 5 fully saturated rings. The molecule has 7 rings (SSSR count). The van der Waals surface area contributed by atoms with E-state index in [9.17, 15) is 9.59 Å². The number of hydrogen-bond acceptors (Lipinski definition) is 3. The Hall–Kier alpha value is -2.27. The second-order valence-electron chi connectivity index (χ2n) is 11.0. The second kappa shape index (κ2) is 7.90. The highest BCUT2D eigenvalue weighted by Crippen LogP contribution is 2.60. The summed E-state index contributed by atoms with van der Waals surface area (Å²) in [4.78, 5) is 28.0. The van der Waals surface area contributed by atoms with Crippen LogP contribution in [0.2, 0.25) is 0 Å². The van der Waals surface area contributed by atoms with Gasteiger partial charge in [0.1, 0.15) is 5.37 Å². The first-order valence-electron chi connectivity index (χ1n) is 12.3. The zero-order valence-electron chi connectivity index (χ0n) is 19.5. The summed E-state index contributed by atoms with van der Waals surface area (Å²) in [5.41, 5.74) is 5.20. The van der Waals surface area contributed by atoms with Gasteiger partial charge in [-0.05, 0) is 111 Å². The lowest BCUT2D eigenvalue weighted by Crippen LogP contribution is -2.51. The van der Waals surface area contributed by atoms with E-state index in [0.29, 0.717) is 5.75 Å². The molecule has 4 aliphatic carbocycles. The molecule has 0 spiro atoms. The highest BCUT2D eigenvalue weighted by molar-refractivity contribution is 8.00. The summed E-state index contributed by atoms with van der Waals surface area (Å²) in [6.45, 7) is 4.18. The molecular weight excluding hydrogens is 428 g/mol. The van der Waals surface area contributed by atoms with Crippen molar-refractivity contribution in [2.24, 2.45) is 23.2 Å². The van der Waals surface area contributed by atoms with Gasteiger partial charge in [0.25, 0.3) is 0 Å². The standard InChI is InChI=1S/C28H32N2O2S/c1-17-3-8-24(9-18(17)2)30-25(31)16-33-26(30)22-4-6-23(7-5-22)29-27(32)28-13-19-10-20(14-28)12-21(11-19)15-28/h3-9,19-21,26H,10-16H2,1-2H3,(H,29,32)/t19?,20?,21?,26-,28?/m0/s1. The lowest BCUT2D eigenvalue weighted by atomic mass is 9.49. The molecule has 172 valence electrons. The Morgan fingerprint density at radius 1 is 0.939 bits per heavy atom. The van der Waals surface area contributed by atoms with Crippen LogP contribution in [0.4, 0.5) is 11.4 Å². The molecule has 1 heterocycles. The molecule has 33 heavy (non-hydrogen) atoms. The Labute approximate surface area is 200 Å². The van der Waals surface area contributed by atoms with Crippen molar-refractivity contribution in [2.45, 2.75) is 57.7 Å². The summed E-state index contributed by atoms with van der Waals surface area (Å²) in [5.74, 6) is 3.15.